The van der Waals surface area contributed by atoms with Gasteiger partial charge in [-0.2, -0.15) is 0 Å². The molecule has 0 radical (unpaired) electrons. The lowest BCUT2D eigenvalue weighted by Crippen LogP contribution is -2.29. The summed E-state index contributed by atoms with van der Waals surface area (Å²) in [5, 5.41) is 6.17. The first-order valence-corrected chi connectivity index (χ1v) is 5.90. The molecule has 0 aliphatic carbocycles. The number of nitrogens with one attached hydrogen (secondary N) is 2. The summed E-state index contributed by atoms with van der Waals surface area (Å²) in [6.07, 6.45) is 3.14. The van der Waals surface area contributed by atoms with Gasteiger partial charge in [0.05, 0.1) is 5.56 Å². The zero-order valence-corrected chi connectivity index (χ0v) is 11.5. The Hall–Kier alpha value is -1.26. The van der Waals surface area contributed by atoms with Gasteiger partial charge in [-0.3, -0.25) is 4.79 Å². The molecule has 0 saturated heterocycles. The minimum atomic E-state index is -0.0567. The molecule has 0 spiro atoms. The Balaban J connectivity index is 0.00000162. The van der Waals surface area contributed by atoms with E-state index in [0.29, 0.717) is 17.9 Å². The Kier molecular flexibility index (Phi) is 5.44. The fourth-order valence-corrected chi connectivity index (χ4v) is 1.98. The third kappa shape index (κ3) is 3.62. The van der Waals surface area contributed by atoms with Crippen LogP contribution in [0.3, 0.4) is 0 Å². The van der Waals surface area contributed by atoms with Crippen LogP contribution in [0.5, 0.6) is 0 Å². The van der Waals surface area contributed by atoms with E-state index in [1.807, 2.05) is 13.8 Å². The Morgan fingerprint density at radius 2 is 2.28 bits per heavy atom. The summed E-state index contributed by atoms with van der Waals surface area (Å²) in [6.45, 7) is 6.18. The number of carbonyl (C=O) groups excluding carboxylic acids is 1. The lowest BCUT2D eigenvalue weighted by Gasteiger charge is -2.14. The van der Waals surface area contributed by atoms with Gasteiger partial charge in [-0.25, -0.2) is 0 Å². The summed E-state index contributed by atoms with van der Waals surface area (Å²) in [4.78, 5) is 11.9. The Morgan fingerprint density at radius 1 is 1.50 bits per heavy atom. The van der Waals surface area contributed by atoms with Gasteiger partial charge in [0.25, 0.3) is 5.91 Å². The molecule has 4 nitrogen and oxygen atoms in total. The maximum atomic E-state index is 11.9. The molecule has 18 heavy (non-hydrogen) atoms. The number of carbonyl (C=O) groups is 1. The highest BCUT2D eigenvalue weighted by atomic mass is 35.5. The molecule has 100 valence electrons. The number of hydrogen-bond donors (Lipinski definition) is 2. The van der Waals surface area contributed by atoms with Crippen LogP contribution >= 0.6 is 12.4 Å². The minimum absolute atomic E-state index is 0. The summed E-state index contributed by atoms with van der Waals surface area (Å²) in [5.74, 6) is 1.40. The van der Waals surface area contributed by atoms with E-state index in [-0.39, 0.29) is 18.3 Å². The summed E-state index contributed by atoms with van der Waals surface area (Å²) in [7, 11) is 0. The van der Waals surface area contributed by atoms with Crippen molar-refractivity contribution in [3.05, 3.63) is 34.8 Å². The number of furan rings is 1. The molecule has 0 atom stereocenters. The molecule has 2 heterocycles. The normalized spacial score (nSPS) is 14.7. The van der Waals surface area contributed by atoms with Crippen LogP contribution in [0.1, 0.15) is 28.3 Å². The molecular formula is C13H19ClN2O2. The number of halogens is 1. The highest BCUT2D eigenvalue weighted by Gasteiger charge is 2.13. The molecule has 5 heteroatoms. The second-order valence-electron chi connectivity index (χ2n) is 4.33. The van der Waals surface area contributed by atoms with Crippen molar-refractivity contribution in [1.82, 2.24) is 10.6 Å². The number of rotatable bonds is 3. The first-order chi connectivity index (χ1) is 8.16. The van der Waals surface area contributed by atoms with Crippen molar-refractivity contribution in [3.63, 3.8) is 0 Å². The number of aryl methyl sites for hydroxylation is 2. The zero-order valence-electron chi connectivity index (χ0n) is 10.7. The van der Waals surface area contributed by atoms with Crippen LogP contribution in [0.4, 0.5) is 0 Å². The summed E-state index contributed by atoms with van der Waals surface area (Å²) < 4.78 is 5.34. The smallest absolute Gasteiger partial charge is 0.255 e. The molecule has 1 aliphatic rings. The molecule has 1 amide bonds. The number of amides is 1. The highest BCUT2D eigenvalue weighted by Crippen LogP contribution is 2.13. The van der Waals surface area contributed by atoms with Crippen molar-refractivity contribution >= 4 is 18.3 Å². The van der Waals surface area contributed by atoms with Gasteiger partial charge in [0, 0.05) is 13.1 Å². The first-order valence-electron chi connectivity index (χ1n) is 5.90. The maximum Gasteiger partial charge on any atom is 0.255 e. The molecule has 2 N–H and O–H groups in total. The van der Waals surface area contributed by atoms with Crippen LogP contribution < -0.4 is 10.6 Å². The maximum absolute atomic E-state index is 11.9. The molecule has 1 aromatic rings. The van der Waals surface area contributed by atoms with Crippen molar-refractivity contribution in [2.24, 2.45) is 0 Å². The molecular weight excluding hydrogens is 252 g/mol. The van der Waals surface area contributed by atoms with Crippen molar-refractivity contribution in [2.45, 2.75) is 20.3 Å². The zero-order chi connectivity index (χ0) is 12.3. The van der Waals surface area contributed by atoms with Gasteiger partial charge in [0.1, 0.15) is 11.5 Å². The van der Waals surface area contributed by atoms with Gasteiger partial charge in [0.15, 0.2) is 0 Å². The van der Waals surface area contributed by atoms with E-state index in [1.54, 1.807) is 6.07 Å². The van der Waals surface area contributed by atoms with E-state index in [4.69, 9.17) is 4.42 Å². The van der Waals surface area contributed by atoms with Gasteiger partial charge >= 0.3 is 0 Å². The quantitative estimate of drug-likeness (QED) is 0.826. The average Bonchev–Trinajstić information content (AvgIpc) is 2.67. The third-order valence-electron chi connectivity index (χ3n) is 2.92. The molecule has 0 aromatic carbocycles. The molecule has 0 saturated carbocycles. The van der Waals surface area contributed by atoms with Crippen LogP contribution in [0.25, 0.3) is 0 Å². The molecule has 0 fully saturated rings. The van der Waals surface area contributed by atoms with Crippen molar-refractivity contribution in [3.8, 4) is 0 Å². The average molecular weight is 271 g/mol. The van der Waals surface area contributed by atoms with Crippen LogP contribution in [0.15, 0.2) is 22.1 Å². The SMILES string of the molecule is Cc1cc(C(=O)NCC2=CCNCC2)c(C)o1.Cl. The Labute approximate surface area is 113 Å². The molecule has 0 bridgehead atoms. The van der Waals surface area contributed by atoms with Gasteiger partial charge in [-0.1, -0.05) is 11.6 Å². The van der Waals surface area contributed by atoms with E-state index in [1.165, 1.54) is 5.57 Å². The first kappa shape index (κ1) is 14.8. The lowest BCUT2D eigenvalue weighted by molar-refractivity contribution is 0.0955. The van der Waals surface area contributed by atoms with Gasteiger partial charge in [0.2, 0.25) is 0 Å². The van der Waals surface area contributed by atoms with Crippen LogP contribution in [-0.4, -0.2) is 25.5 Å². The Bertz CT molecular complexity index is 452. The van der Waals surface area contributed by atoms with Crippen LogP contribution in [0.2, 0.25) is 0 Å². The summed E-state index contributed by atoms with van der Waals surface area (Å²) >= 11 is 0. The van der Waals surface area contributed by atoms with Gasteiger partial charge < -0.3 is 15.1 Å². The topological polar surface area (TPSA) is 54.3 Å². The lowest BCUT2D eigenvalue weighted by atomic mass is 10.1. The van der Waals surface area contributed by atoms with E-state index in [0.717, 1.165) is 25.3 Å². The molecule has 2 rings (SSSR count). The third-order valence-corrected chi connectivity index (χ3v) is 2.92. The van der Waals surface area contributed by atoms with Crippen molar-refractivity contribution in [2.75, 3.05) is 19.6 Å². The van der Waals surface area contributed by atoms with Crippen LogP contribution in [0, 0.1) is 13.8 Å². The van der Waals surface area contributed by atoms with Gasteiger partial charge in [-0.05, 0) is 32.9 Å². The van der Waals surface area contributed by atoms with E-state index in [2.05, 4.69) is 16.7 Å². The predicted octanol–water partition coefficient (Wildman–Crippen LogP) is 1.97. The molecule has 0 unspecified atom stereocenters. The molecule has 1 aromatic heterocycles. The molecule has 1 aliphatic heterocycles. The second-order valence-corrected chi connectivity index (χ2v) is 4.33. The standard InChI is InChI=1S/C13H18N2O2.ClH/c1-9-7-12(10(2)17-9)13(16)15-8-11-3-5-14-6-4-11;/h3,7,14H,4-6,8H2,1-2H3,(H,15,16);1H. The van der Waals surface area contributed by atoms with E-state index in [9.17, 15) is 4.79 Å². The summed E-state index contributed by atoms with van der Waals surface area (Å²) in [5.41, 5.74) is 1.92. The Morgan fingerprint density at radius 3 is 2.83 bits per heavy atom. The highest BCUT2D eigenvalue weighted by molar-refractivity contribution is 5.95. The fraction of sp³-hybridized carbons (Fsp3) is 0.462. The monoisotopic (exact) mass is 270 g/mol. The van der Waals surface area contributed by atoms with E-state index >= 15 is 0 Å². The number of hydrogen-bond acceptors (Lipinski definition) is 3. The van der Waals surface area contributed by atoms with Crippen molar-refractivity contribution in [1.29, 1.82) is 0 Å². The minimum Gasteiger partial charge on any atom is -0.466 e. The van der Waals surface area contributed by atoms with Gasteiger partial charge in [-0.15, -0.1) is 12.4 Å². The largest absolute Gasteiger partial charge is 0.466 e. The van der Waals surface area contributed by atoms with E-state index < -0.39 is 0 Å². The van der Waals surface area contributed by atoms with Crippen molar-refractivity contribution < 1.29 is 9.21 Å². The summed E-state index contributed by atoms with van der Waals surface area (Å²) in [6, 6.07) is 1.78. The predicted molar refractivity (Wildman–Crippen MR) is 73.3 cm³/mol. The second kappa shape index (κ2) is 6.61. The van der Waals surface area contributed by atoms with Crippen LogP contribution in [-0.2, 0) is 0 Å². The fourth-order valence-electron chi connectivity index (χ4n) is 1.98.